The van der Waals surface area contributed by atoms with Crippen LogP contribution in [-0.2, 0) is 65.4 Å². The Morgan fingerprint density at radius 1 is 0.297 bits per heavy atom. The molecule has 2 unspecified atom stereocenters. The summed E-state index contributed by atoms with van der Waals surface area (Å²) in [6.07, 6.45) is 52.7. The van der Waals surface area contributed by atoms with E-state index in [9.17, 15) is 43.2 Å². The van der Waals surface area contributed by atoms with Gasteiger partial charge in [-0.3, -0.25) is 37.3 Å². The van der Waals surface area contributed by atoms with Crippen molar-refractivity contribution in [1.82, 2.24) is 0 Å². The minimum atomic E-state index is -4.95. The van der Waals surface area contributed by atoms with Gasteiger partial charge in [-0.25, -0.2) is 9.13 Å². The van der Waals surface area contributed by atoms with Gasteiger partial charge < -0.3 is 33.8 Å². The van der Waals surface area contributed by atoms with Crippen molar-refractivity contribution in [3.05, 3.63) is 0 Å². The number of ether oxygens (including phenoxy) is 4. The zero-order valence-corrected chi connectivity index (χ0v) is 60.8. The van der Waals surface area contributed by atoms with Gasteiger partial charge in [-0.05, 0) is 31.6 Å². The molecule has 0 radical (unpaired) electrons. The molecule has 91 heavy (non-hydrogen) atoms. The fraction of sp³-hybridized carbons (Fsp3) is 0.944. The fourth-order valence-corrected chi connectivity index (χ4v) is 12.6. The van der Waals surface area contributed by atoms with E-state index in [4.69, 9.17) is 37.0 Å². The molecule has 540 valence electrons. The molecule has 0 fully saturated rings. The van der Waals surface area contributed by atoms with E-state index >= 15 is 0 Å². The summed E-state index contributed by atoms with van der Waals surface area (Å²) in [4.78, 5) is 72.6. The summed E-state index contributed by atoms with van der Waals surface area (Å²) in [7, 11) is -9.90. The van der Waals surface area contributed by atoms with Crippen LogP contribution < -0.4 is 0 Å². The smallest absolute Gasteiger partial charge is 0.462 e. The molecule has 0 bridgehead atoms. The number of hydrogen-bond donors (Lipinski definition) is 3. The van der Waals surface area contributed by atoms with Gasteiger partial charge in [0.05, 0.1) is 26.4 Å². The zero-order chi connectivity index (χ0) is 67.0. The predicted octanol–water partition coefficient (Wildman–Crippen LogP) is 20.9. The molecule has 0 rings (SSSR count). The number of aliphatic hydroxyl groups excluding tert-OH is 1. The highest BCUT2D eigenvalue weighted by Crippen LogP contribution is 2.45. The standard InChI is InChI=1S/C72H140O17P2/c1-6-9-12-15-18-21-23-25-27-29-31-33-36-42-47-52-57-71(76)88-67(62-83-70(75)56-51-46-41-35-32-30-28-26-24-22-19-16-13-10-7-2)63-86-90(78,79)84-59-66(73)60-85-91(80,81)87-64-68(61-82-69(74)55-50-45-40-34-20-17-14-11-8-3)89-72(77)58-53-48-43-38-37-39-44-49-54-65(4)5/h65-68,73H,6-64H2,1-5H3,(H,78,79)(H,80,81)/t66-,67-,68-/m1/s1. The van der Waals surface area contributed by atoms with Crippen molar-refractivity contribution in [3.63, 3.8) is 0 Å². The van der Waals surface area contributed by atoms with E-state index in [0.717, 1.165) is 95.8 Å². The Hall–Kier alpha value is -1.94. The summed E-state index contributed by atoms with van der Waals surface area (Å²) in [5.74, 6) is -1.40. The number of esters is 4. The molecule has 0 spiro atoms. The first-order valence-corrected chi connectivity index (χ1v) is 40.6. The number of carbonyl (C=O) groups excluding carboxylic acids is 4. The lowest BCUT2D eigenvalue weighted by Crippen LogP contribution is -2.30. The Balaban J connectivity index is 5.23. The van der Waals surface area contributed by atoms with Crippen molar-refractivity contribution in [3.8, 4) is 0 Å². The van der Waals surface area contributed by atoms with Crippen LogP contribution in [0.2, 0.25) is 0 Å². The number of phosphoric ester groups is 2. The predicted molar refractivity (Wildman–Crippen MR) is 368 cm³/mol. The summed E-state index contributed by atoms with van der Waals surface area (Å²) >= 11 is 0. The van der Waals surface area contributed by atoms with Crippen molar-refractivity contribution in [1.29, 1.82) is 0 Å². The van der Waals surface area contributed by atoms with Crippen LogP contribution in [0.3, 0.4) is 0 Å². The van der Waals surface area contributed by atoms with Gasteiger partial charge in [0.25, 0.3) is 0 Å². The molecule has 0 aliphatic rings. The Kier molecular flexibility index (Phi) is 64.0. The third-order valence-corrected chi connectivity index (χ3v) is 18.7. The molecular formula is C72H140O17P2. The number of unbranched alkanes of at least 4 members (excludes halogenated alkanes) is 44. The molecule has 3 N–H and O–H groups in total. The van der Waals surface area contributed by atoms with Gasteiger partial charge in [0.1, 0.15) is 19.3 Å². The van der Waals surface area contributed by atoms with Gasteiger partial charge in [-0.2, -0.15) is 0 Å². The lowest BCUT2D eigenvalue weighted by molar-refractivity contribution is -0.161. The molecule has 0 amide bonds. The number of hydrogen-bond acceptors (Lipinski definition) is 15. The Bertz CT molecular complexity index is 1750. The molecule has 0 aromatic heterocycles. The summed E-state index contributed by atoms with van der Waals surface area (Å²) in [6.45, 7) is 7.21. The number of aliphatic hydroxyl groups is 1. The van der Waals surface area contributed by atoms with Gasteiger partial charge in [-0.1, -0.05) is 324 Å². The first kappa shape index (κ1) is 89.1. The minimum absolute atomic E-state index is 0.105. The molecule has 17 nitrogen and oxygen atoms in total. The Labute approximate surface area is 556 Å². The second-order valence-corrected chi connectivity index (χ2v) is 29.4. The average Bonchev–Trinajstić information content (AvgIpc) is 3.62. The lowest BCUT2D eigenvalue weighted by atomic mass is 10.0. The van der Waals surface area contributed by atoms with Crippen molar-refractivity contribution < 1.29 is 80.2 Å². The quantitative estimate of drug-likeness (QED) is 0.0222. The SMILES string of the molecule is CCCCCCCCCCCCCCCCCCC(=O)O[C@H](COC(=O)CCCCCCCCCCCCCCCCC)COP(=O)(O)OC[C@@H](O)COP(=O)(O)OC[C@@H](COC(=O)CCCCCCCCCCC)OC(=O)CCCCCCCCCCC(C)C. The van der Waals surface area contributed by atoms with Crippen LogP contribution in [0.15, 0.2) is 0 Å². The maximum Gasteiger partial charge on any atom is 0.472 e. The highest BCUT2D eigenvalue weighted by atomic mass is 31.2. The molecule has 0 aromatic carbocycles. The molecule has 0 heterocycles. The molecule has 0 saturated carbocycles. The minimum Gasteiger partial charge on any atom is -0.462 e. The number of carbonyl (C=O) groups is 4. The first-order valence-electron chi connectivity index (χ1n) is 37.6. The van der Waals surface area contributed by atoms with Gasteiger partial charge in [0.15, 0.2) is 12.2 Å². The van der Waals surface area contributed by atoms with Gasteiger partial charge >= 0.3 is 39.5 Å². The van der Waals surface area contributed by atoms with Gasteiger partial charge in [0.2, 0.25) is 0 Å². The fourth-order valence-electron chi connectivity index (χ4n) is 11.0. The largest absolute Gasteiger partial charge is 0.472 e. The van der Waals surface area contributed by atoms with E-state index in [2.05, 4.69) is 34.6 Å². The molecular weight excluding hydrogens is 1200 g/mol. The average molecular weight is 1340 g/mol. The van der Waals surface area contributed by atoms with Crippen LogP contribution in [0.4, 0.5) is 0 Å². The number of phosphoric acid groups is 2. The Morgan fingerprint density at radius 2 is 0.505 bits per heavy atom. The summed E-state index contributed by atoms with van der Waals surface area (Å²) in [5.41, 5.74) is 0. The van der Waals surface area contributed by atoms with E-state index in [1.807, 2.05) is 0 Å². The molecule has 0 aliphatic carbocycles. The molecule has 0 aromatic rings. The van der Waals surface area contributed by atoms with Crippen LogP contribution in [0.1, 0.15) is 375 Å². The number of rotatable bonds is 72. The normalized spacial score (nSPS) is 14.0. The molecule has 0 aliphatic heterocycles. The summed E-state index contributed by atoms with van der Waals surface area (Å²) in [5, 5.41) is 10.6. The van der Waals surface area contributed by atoms with Gasteiger partial charge in [0, 0.05) is 25.7 Å². The highest BCUT2D eigenvalue weighted by Gasteiger charge is 2.30. The maximum absolute atomic E-state index is 13.0. The van der Waals surface area contributed by atoms with Crippen molar-refractivity contribution in [2.45, 2.75) is 393 Å². The lowest BCUT2D eigenvalue weighted by Gasteiger charge is -2.21. The topological polar surface area (TPSA) is 237 Å². The van der Waals surface area contributed by atoms with Crippen molar-refractivity contribution in [2.75, 3.05) is 39.6 Å². The van der Waals surface area contributed by atoms with Crippen LogP contribution in [0.25, 0.3) is 0 Å². The van der Waals surface area contributed by atoms with E-state index in [1.54, 1.807) is 0 Å². The first-order chi connectivity index (χ1) is 44.0. The highest BCUT2D eigenvalue weighted by molar-refractivity contribution is 7.47. The van der Waals surface area contributed by atoms with Crippen molar-refractivity contribution >= 4 is 39.5 Å². The second kappa shape index (κ2) is 65.4. The molecule has 5 atom stereocenters. The molecule has 19 heteroatoms. The van der Waals surface area contributed by atoms with E-state index < -0.39 is 97.5 Å². The molecule has 0 saturated heterocycles. The third-order valence-electron chi connectivity index (χ3n) is 16.8. The zero-order valence-electron chi connectivity index (χ0n) is 59.0. The van der Waals surface area contributed by atoms with Crippen LogP contribution >= 0.6 is 15.6 Å². The van der Waals surface area contributed by atoms with Gasteiger partial charge in [-0.15, -0.1) is 0 Å². The third kappa shape index (κ3) is 66.5. The van der Waals surface area contributed by atoms with Crippen molar-refractivity contribution in [2.24, 2.45) is 5.92 Å². The maximum atomic E-state index is 13.0. The van der Waals surface area contributed by atoms with Crippen LogP contribution in [0.5, 0.6) is 0 Å². The van der Waals surface area contributed by atoms with Crippen LogP contribution in [0, 0.1) is 5.92 Å². The summed E-state index contributed by atoms with van der Waals surface area (Å²) in [6, 6.07) is 0. The Morgan fingerprint density at radius 3 is 0.747 bits per heavy atom. The monoisotopic (exact) mass is 1340 g/mol. The second-order valence-electron chi connectivity index (χ2n) is 26.5. The van der Waals surface area contributed by atoms with Crippen LogP contribution in [-0.4, -0.2) is 96.7 Å². The van der Waals surface area contributed by atoms with E-state index in [-0.39, 0.29) is 25.7 Å². The summed E-state index contributed by atoms with van der Waals surface area (Å²) < 4.78 is 68.3. The van der Waals surface area contributed by atoms with E-state index in [0.29, 0.717) is 25.7 Å². The van der Waals surface area contributed by atoms with E-state index in [1.165, 1.54) is 199 Å².